The van der Waals surface area contributed by atoms with Gasteiger partial charge in [0, 0.05) is 42.4 Å². The number of thioether (sulfide) groups is 1. The number of carbonyl (C=O) groups is 1. The smallest absolute Gasteiger partial charge is 0.413 e. The molecule has 158 valence electrons. The molecule has 1 saturated heterocycles. The number of hydrogen-bond donors (Lipinski definition) is 1. The van der Waals surface area contributed by atoms with Gasteiger partial charge in [-0.2, -0.15) is 0 Å². The van der Waals surface area contributed by atoms with E-state index in [4.69, 9.17) is 14.5 Å². The zero-order chi connectivity index (χ0) is 21.2. The fourth-order valence-corrected chi connectivity index (χ4v) is 4.57. The molecule has 0 saturated carbocycles. The van der Waals surface area contributed by atoms with Crippen molar-refractivity contribution in [3.05, 3.63) is 34.5 Å². The molecule has 0 aromatic heterocycles. The lowest BCUT2D eigenvalue weighted by Gasteiger charge is -2.44. The van der Waals surface area contributed by atoms with E-state index in [1.54, 1.807) is 20.8 Å². The summed E-state index contributed by atoms with van der Waals surface area (Å²) in [5.41, 5.74) is -1.16. The van der Waals surface area contributed by atoms with Gasteiger partial charge >= 0.3 is 11.8 Å². The van der Waals surface area contributed by atoms with E-state index in [9.17, 15) is 14.1 Å². The van der Waals surface area contributed by atoms with Gasteiger partial charge in [-0.3, -0.25) is 10.3 Å². The van der Waals surface area contributed by atoms with Crippen LogP contribution in [0, 0.1) is 16.6 Å². The first kappa shape index (κ1) is 21.5. The standard InChI is InChI=1S/C19H24FN3O5S/c1-18(2,3)28-17(24)21-16-22-19(7-8-27-10-12(19)11-29-16)14-9-13(23(25)26-4)5-6-15(14)20/h5-6,9,12H,7-8,10-11H2,1-4H3/p+1/t12-,19-/m0/s1. The Balaban J connectivity index is 2.00. The number of benzene rings is 1. The molecule has 2 atom stereocenters. The number of nitrogens with one attached hydrogen (secondary N) is 1. The lowest BCUT2D eigenvalue weighted by atomic mass is 9.75. The maximum Gasteiger partial charge on any atom is 0.413 e. The molecule has 1 amide bonds. The first-order valence-corrected chi connectivity index (χ1v) is 10.2. The molecule has 0 radical (unpaired) electrons. The molecule has 3 rings (SSSR count). The molecule has 0 aliphatic carbocycles. The van der Waals surface area contributed by atoms with Crippen molar-refractivity contribution < 1.29 is 28.4 Å². The Labute approximate surface area is 172 Å². The largest absolute Gasteiger partial charge is 0.444 e. The van der Waals surface area contributed by atoms with Crippen molar-refractivity contribution in [1.29, 1.82) is 0 Å². The van der Waals surface area contributed by atoms with Gasteiger partial charge in [0.25, 0.3) is 4.92 Å². The van der Waals surface area contributed by atoms with E-state index in [1.807, 2.05) is 0 Å². The van der Waals surface area contributed by atoms with Crippen molar-refractivity contribution in [2.45, 2.75) is 38.3 Å². The quantitative estimate of drug-likeness (QED) is 0.742. The zero-order valence-electron chi connectivity index (χ0n) is 16.9. The van der Waals surface area contributed by atoms with E-state index in [0.717, 1.165) is 0 Å². The first-order chi connectivity index (χ1) is 13.6. The number of ether oxygens (including phenoxy) is 2. The monoisotopic (exact) mass is 426 g/mol. The molecule has 2 heterocycles. The Morgan fingerprint density at radius 2 is 2.21 bits per heavy atom. The van der Waals surface area contributed by atoms with E-state index in [0.29, 0.717) is 35.5 Å². The van der Waals surface area contributed by atoms with Crippen LogP contribution in [-0.4, -0.2) is 47.9 Å². The van der Waals surface area contributed by atoms with Crippen LogP contribution in [0.5, 0.6) is 0 Å². The average molecular weight is 426 g/mol. The summed E-state index contributed by atoms with van der Waals surface area (Å²) >= 11 is 1.36. The third-order valence-corrected chi connectivity index (χ3v) is 5.78. The number of amides is 1. The molecule has 1 aromatic carbocycles. The Bertz CT molecular complexity index is 842. The average Bonchev–Trinajstić information content (AvgIpc) is 2.65. The molecular weight excluding hydrogens is 401 g/mol. The minimum absolute atomic E-state index is 0.113. The lowest BCUT2D eigenvalue weighted by molar-refractivity contribution is -0.736. The molecular formula is C19H25FN3O5S+. The van der Waals surface area contributed by atoms with Crippen molar-refractivity contribution in [3.8, 4) is 0 Å². The Morgan fingerprint density at radius 1 is 1.45 bits per heavy atom. The second-order valence-electron chi connectivity index (χ2n) is 7.90. The molecule has 8 nitrogen and oxygen atoms in total. The molecule has 1 fully saturated rings. The van der Waals surface area contributed by atoms with E-state index in [2.05, 4.69) is 10.2 Å². The normalized spacial score (nSPS) is 24.2. The number of amidine groups is 1. The number of aliphatic imine (C=N–C) groups is 1. The van der Waals surface area contributed by atoms with Gasteiger partial charge in [-0.15, -0.1) is 0 Å². The van der Waals surface area contributed by atoms with E-state index < -0.39 is 23.1 Å². The summed E-state index contributed by atoms with van der Waals surface area (Å²) in [7, 11) is 1.24. The molecule has 1 aromatic rings. The summed E-state index contributed by atoms with van der Waals surface area (Å²) in [5.74, 6) is -0.0146. The van der Waals surface area contributed by atoms with Crippen LogP contribution in [0.4, 0.5) is 14.9 Å². The van der Waals surface area contributed by atoms with Gasteiger partial charge in [0.15, 0.2) is 12.3 Å². The maximum absolute atomic E-state index is 14.9. The SMILES string of the molecule is CO[N+](=O)c1ccc(F)c([C@]23CCOC[C@H]2CSC(NC(=O)OC(C)(C)C)=N3)c1. The van der Waals surface area contributed by atoms with Gasteiger partial charge in [0.1, 0.15) is 11.4 Å². The van der Waals surface area contributed by atoms with E-state index >= 15 is 0 Å². The topological polar surface area (TPSA) is 89.2 Å². The lowest BCUT2D eigenvalue weighted by Crippen LogP contribution is -2.48. The number of halogens is 1. The van der Waals surface area contributed by atoms with Crippen molar-refractivity contribution in [3.63, 3.8) is 0 Å². The zero-order valence-corrected chi connectivity index (χ0v) is 17.7. The Hall–Kier alpha value is -2.20. The maximum atomic E-state index is 14.9. The molecule has 1 N–H and O–H groups in total. The third kappa shape index (κ3) is 4.69. The van der Waals surface area contributed by atoms with Gasteiger partial charge in [0.2, 0.25) is 0 Å². The number of hydrogen-bond acceptors (Lipinski definition) is 7. The summed E-state index contributed by atoms with van der Waals surface area (Å²) in [6.07, 6.45) is -0.201. The predicted molar refractivity (Wildman–Crippen MR) is 107 cm³/mol. The fraction of sp³-hybridized carbons (Fsp3) is 0.579. The van der Waals surface area contributed by atoms with Crippen LogP contribution in [0.2, 0.25) is 0 Å². The van der Waals surface area contributed by atoms with Crippen molar-refractivity contribution in [2.24, 2.45) is 10.9 Å². The van der Waals surface area contributed by atoms with Crippen LogP contribution in [0.3, 0.4) is 0 Å². The highest BCUT2D eigenvalue weighted by molar-refractivity contribution is 8.13. The second kappa shape index (κ2) is 8.27. The number of nitrogens with zero attached hydrogens (tertiary/aromatic N) is 2. The van der Waals surface area contributed by atoms with Crippen LogP contribution in [0.1, 0.15) is 32.8 Å². The van der Waals surface area contributed by atoms with Crippen LogP contribution in [0.15, 0.2) is 23.2 Å². The van der Waals surface area contributed by atoms with Gasteiger partial charge < -0.3 is 9.47 Å². The highest BCUT2D eigenvalue weighted by Crippen LogP contribution is 2.47. The van der Waals surface area contributed by atoms with Crippen molar-refractivity contribution in [1.82, 2.24) is 5.32 Å². The highest BCUT2D eigenvalue weighted by atomic mass is 32.2. The Morgan fingerprint density at radius 3 is 2.90 bits per heavy atom. The van der Waals surface area contributed by atoms with Gasteiger partial charge in [-0.25, -0.2) is 14.0 Å². The fourth-order valence-electron chi connectivity index (χ4n) is 3.46. The first-order valence-electron chi connectivity index (χ1n) is 9.26. The molecule has 2 aliphatic heterocycles. The minimum Gasteiger partial charge on any atom is -0.444 e. The van der Waals surface area contributed by atoms with Crippen LogP contribution < -0.4 is 5.32 Å². The molecule has 2 aliphatic rings. The van der Waals surface area contributed by atoms with Crippen molar-refractivity contribution >= 4 is 28.7 Å². The Kier molecular flexibility index (Phi) is 6.13. The molecule has 29 heavy (non-hydrogen) atoms. The van der Waals surface area contributed by atoms with Crippen LogP contribution in [0.25, 0.3) is 0 Å². The number of fused-ring (bicyclic) bond motifs is 1. The van der Waals surface area contributed by atoms with E-state index in [-0.39, 0.29) is 17.2 Å². The highest BCUT2D eigenvalue weighted by Gasteiger charge is 2.48. The number of carbonyl (C=O) groups excluding carboxylic acids is 1. The van der Waals surface area contributed by atoms with Crippen LogP contribution in [-0.2, 0) is 19.9 Å². The third-order valence-electron chi connectivity index (χ3n) is 4.75. The number of alkyl carbamates (subject to hydrolysis) is 1. The van der Waals surface area contributed by atoms with Gasteiger partial charge in [0.05, 0.1) is 17.1 Å². The summed E-state index contributed by atoms with van der Waals surface area (Å²) < 4.78 is 25.8. The predicted octanol–water partition coefficient (Wildman–Crippen LogP) is 3.66. The van der Waals surface area contributed by atoms with Crippen LogP contribution >= 0.6 is 11.8 Å². The summed E-state index contributed by atoms with van der Waals surface area (Å²) in [6.45, 7) is 6.10. The van der Waals surface area contributed by atoms with Gasteiger partial charge in [-0.05, 0) is 26.8 Å². The second-order valence-corrected chi connectivity index (χ2v) is 8.91. The molecule has 0 unspecified atom stereocenters. The minimum atomic E-state index is -0.956. The molecule has 10 heteroatoms. The number of rotatable bonds is 3. The van der Waals surface area contributed by atoms with Gasteiger partial charge in [-0.1, -0.05) is 11.8 Å². The molecule has 0 spiro atoms. The van der Waals surface area contributed by atoms with E-state index in [1.165, 1.54) is 37.1 Å². The summed E-state index contributed by atoms with van der Waals surface area (Å²) in [4.78, 5) is 33.8. The summed E-state index contributed by atoms with van der Waals surface area (Å²) in [5, 5.41) is 3.02. The van der Waals surface area contributed by atoms with Crippen molar-refractivity contribution in [2.75, 3.05) is 26.1 Å². The molecule has 0 bridgehead atoms. The summed E-state index contributed by atoms with van der Waals surface area (Å²) in [6, 6.07) is 4.03.